The fourth-order valence-corrected chi connectivity index (χ4v) is 3.25. The minimum absolute atomic E-state index is 0.574. The van der Waals surface area contributed by atoms with E-state index >= 15 is 0 Å². The lowest BCUT2D eigenvalue weighted by Crippen LogP contribution is -2.19. The van der Waals surface area contributed by atoms with E-state index in [1.807, 2.05) is 69.1 Å². The van der Waals surface area contributed by atoms with Gasteiger partial charge in [0.05, 0.1) is 12.3 Å². The molecule has 29 heavy (non-hydrogen) atoms. The van der Waals surface area contributed by atoms with E-state index in [-0.39, 0.29) is 0 Å². The molecule has 0 unspecified atom stereocenters. The largest absolute Gasteiger partial charge is 0.492 e. The Morgan fingerprint density at radius 1 is 1.03 bits per heavy atom. The molecule has 0 atom stereocenters. The predicted octanol–water partition coefficient (Wildman–Crippen LogP) is 3.66. The van der Waals surface area contributed by atoms with Crippen LogP contribution in [0.3, 0.4) is 0 Å². The number of benzene rings is 1. The van der Waals surface area contributed by atoms with Gasteiger partial charge in [0.2, 0.25) is 0 Å². The molecule has 0 fully saturated rings. The fraction of sp³-hybridized carbons (Fsp3) is 0.391. The third-order valence-electron chi connectivity index (χ3n) is 4.95. The Balaban J connectivity index is 1.70. The van der Waals surface area contributed by atoms with Crippen molar-refractivity contribution in [3.63, 3.8) is 0 Å². The number of rotatable bonds is 9. The van der Waals surface area contributed by atoms with Gasteiger partial charge in [-0.15, -0.1) is 0 Å². The number of hydrogen-bond acceptors (Lipinski definition) is 5. The molecule has 0 N–H and O–H groups in total. The quantitative estimate of drug-likeness (QED) is 0.554. The molecule has 2 aromatic heterocycles. The number of aromatic nitrogens is 3. The smallest absolute Gasteiger partial charge is 0.145 e. The average molecular weight is 395 g/mol. The van der Waals surface area contributed by atoms with Crippen LogP contribution in [0.25, 0.3) is 11.3 Å². The van der Waals surface area contributed by atoms with Gasteiger partial charge in [-0.05, 0) is 57.8 Å². The van der Waals surface area contributed by atoms with Crippen LogP contribution in [0.5, 0.6) is 11.5 Å². The third-order valence-corrected chi connectivity index (χ3v) is 4.95. The lowest BCUT2D eigenvalue weighted by Gasteiger charge is -2.13. The van der Waals surface area contributed by atoms with Crippen molar-refractivity contribution < 1.29 is 9.47 Å². The molecular formula is C23H30N4O2. The summed E-state index contributed by atoms with van der Waals surface area (Å²) in [5, 5.41) is 4.48. The number of hydrogen-bond donors (Lipinski definition) is 0. The number of pyridine rings is 1. The van der Waals surface area contributed by atoms with Gasteiger partial charge in [-0.25, -0.2) is 0 Å². The molecule has 0 radical (unpaired) electrons. The van der Waals surface area contributed by atoms with E-state index in [4.69, 9.17) is 9.47 Å². The molecule has 3 rings (SSSR count). The number of likely N-dealkylation sites (N-methyl/N-ethyl adjacent to an activating group) is 1. The second kappa shape index (κ2) is 9.56. The first kappa shape index (κ1) is 20.9. The van der Waals surface area contributed by atoms with Gasteiger partial charge in [0.15, 0.2) is 0 Å². The van der Waals surface area contributed by atoms with Crippen LogP contribution in [0.1, 0.15) is 17.0 Å². The van der Waals surface area contributed by atoms with E-state index in [2.05, 4.69) is 21.9 Å². The van der Waals surface area contributed by atoms with Crippen molar-refractivity contribution in [3.05, 3.63) is 59.5 Å². The van der Waals surface area contributed by atoms with Crippen LogP contribution in [-0.2, 0) is 13.5 Å². The SMILES string of the molecule is Cc1nn(C)c(C)c1CCOc1cccnc1-c1cccc(OCCN(C)C)c1. The van der Waals surface area contributed by atoms with Gasteiger partial charge in [-0.1, -0.05) is 12.1 Å². The zero-order chi connectivity index (χ0) is 20.8. The first-order valence-corrected chi connectivity index (χ1v) is 9.90. The number of ether oxygens (including phenoxy) is 2. The molecule has 0 saturated carbocycles. The van der Waals surface area contributed by atoms with Gasteiger partial charge in [0, 0.05) is 37.5 Å². The second-order valence-electron chi connectivity index (χ2n) is 7.40. The Morgan fingerprint density at radius 3 is 2.59 bits per heavy atom. The summed E-state index contributed by atoms with van der Waals surface area (Å²) in [6.45, 7) is 6.22. The minimum Gasteiger partial charge on any atom is -0.492 e. The molecule has 0 saturated heterocycles. The zero-order valence-electron chi connectivity index (χ0n) is 18.0. The maximum Gasteiger partial charge on any atom is 0.145 e. The molecular weight excluding hydrogens is 364 g/mol. The zero-order valence-corrected chi connectivity index (χ0v) is 18.0. The van der Waals surface area contributed by atoms with Crippen LogP contribution in [-0.4, -0.2) is 53.5 Å². The third kappa shape index (κ3) is 5.35. The van der Waals surface area contributed by atoms with Crippen LogP contribution >= 0.6 is 0 Å². The first-order chi connectivity index (χ1) is 14.0. The van der Waals surface area contributed by atoms with Crippen LogP contribution in [0.15, 0.2) is 42.6 Å². The molecule has 0 aliphatic heterocycles. The van der Waals surface area contributed by atoms with Crippen molar-refractivity contribution in [2.24, 2.45) is 7.05 Å². The van der Waals surface area contributed by atoms with Gasteiger partial charge in [-0.3, -0.25) is 9.67 Å². The first-order valence-electron chi connectivity index (χ1n) is 9.90. The van der Waals surface area contributed by atoms with Crippen molar-refractivity contribution in [1.82, 2.24) is 19.7 Å². The summed E-state index contributed by atoms with van der Waals surface area (Å²) in [4.78, 5) is 6.66. The molecule has 2 heterocycles. The Morgan fingerprint density at radius 2 is 1.86 bits per heavy atom. The van der Waals surface area contributed by atoms with Gasteiger partial charge in [-0.2, -0.15) is 5.10 Å². The number of nitrogens with zero attached hydrogens (tertiary/aromatic N) is 4. The molecule has 0 bridgehead atoms. The topological polar surface area (TPSA) is 52.4 Å². The molecule has 154 valence electrons. The number of aryl methyl sites for hydroxylation is 2. The fourth-order valence-electron chi connectivity index (χ4n) is 3.25. The Hall–Kier alpha value is -2.86. The highest BCUT2D eigenvalue weighted by Gasteiger charge is 2.12. The average Bonchev–Trinajstić information content (AvgIpc) is 2.94. The molecule has 0 spiro atoms. The van der Waals surface area contributed by atoms with Crippen molar-refractivity contribution in [2.75, 3.05) is 33.9 Å². The molecule has 0 aliphatic rings. The van der Waals surface area contributed by atoms with Gasteiger partial charge < -0.3 is 14.4 Å². The molecule has 6 heteroatoms. The Kier molecular flexibility index (Phi) is 6.88. The van der Waals surface area contributed by atoms with E-state index in [0.29, 0.717) is 13.2 Å². The normalized spacial score (nSPS) is 11.1. The van der Waals surface area contributed by atoms with Crippen LogP contribution in [0.2, 0.25) is 0 Å². The lowest BCUT2D eigenvalue weighted by atomic mass is 10.1. The summed E-state index contributed by atoms with van der Waals surface area (Å²) < 4.78 is 13.9. The second-order valence-corrected chi connectivity index (χ2v) is 7.40. The summed E-state index contributed by atoms with van der Waals surface area (Å²) in [6, 6.07) is 11.9. The summed E-state index contributed by atoms with van der Waals surface area (Å²) in [5.74, 6) is 1.61. The van der Waals surface area contributed by atoms with Gasteiger partial charge >= 0.3 is 0 Å². The van der Waals surface area contributed by atoms with E-state index in [0.717, 1.165) is 41.4 Å². The van der Waals surface area contributed by atoms with Crippen molar-refractivity contribution in [2.45, 2.75) is 20.3 Å². The van der Waals surface area contributed by atoms with E-state index in [1.54, 1.807) is 6.20 Å². The van der Waals surface area contributed by atoms with E-state index < -0.39 is 0 Å². The monoisotopic (exact) mass is 394 g/mol. The molecule has 0 aliphatic carbocycles. The predicted molar refractivity (Wildman–Crippen MR) is 116 cm³/mol. The summed E-state index contributed by atoms with van der Waals surface area (Å²) in [6.07, 6.45) is 2.60. The molecule has 1 aromatic carbocycles. The van der Waals surface area contributed by atoms with Crippen LogP contribution < -0.4 is 9.47 Å². The van der Waals surface area contributed by atoms with Gasteiger partial charge in [0.25, 0.3) is 0 Å². The van der Waals surface area contributed by atoms with Crippen molar-refractivity contribution in [3.8, 4) is 22.8 Å². The summed E-state index contributed by atoms with van der Waals surface area (Å²) >= 11 is 0. The maximum atomic E-state index is 6.12. The van der Waals surface area contributed by atoms with E-state index in [1.165, 1.54) is 11.3 Å². The minimum atomic E-state index is 0.574. The molecule has 6 nitrogen and oxygen atoms in total. The summed E-state index contributed by atoms with van der Waals surface area (Å²) in [7, 11) is 6.04. The van der Waals surface area contributed by atoms with Gasteiger partial charge in [0.1, 0.15) is 23.8 Å². The summed E-state index contributed by atoms with van der Waals surface area (Å²) in [5.41, 5.74) is 5.29. The highest BCUT2D eigenvalue weighted by atomic mass is 16.5. The van der Waals surface area contributed by atoms with Crippen LogP contribution in [0, 0.1) is 13.8 Å². The maximum absolute atomic E-state index is 6.12. The Bertz CT molecular complexity index is 950. The highest BCUT2D eigenvalue weighted by Crippen LogP contribution is 2.30. The highest BCUT2D eigenvalue weighted by molar-refractivity contribution is 5.67. The van der Waals surface area contributed by atoms with Crippen molar-refractivity contribution >= 4 is 0 Å². The molecule has 0 amide bonds. The van der Waals surface area contributed by atoms with Crippen molar-refractivity contribution in [1.29, 1.82) is 0 Å². The standard InChI is InChI=1S/C23H30N4O2/c1-17-21(18(2)27(5)25-17)11-14-29-22-10-7-12-24-23(22)19-8-6-9-20(16-19)28-15-13-26(3)4/h6-10,12,16H,11,13-15H2,1-5H3. The molecule has 3 aromatic rings. The lowest BCUT2D eigenvalue weighted by molar-refractivity contribution is 0.261. The van der Waals surface area contributed by atoms with E-state index in [9.17, 15) is 0 Å². The Labute approximate surface area is 173 Å². The van der Waals surface area contributed by atoms with Crippen LogP contribution in [0.4, 0.5) is 0 Å².